The lowest BCUT2D eigenvalue weighted by Crippen LogP contribution is -1.95. The third-order valence-corrected chi connectivity index (χ3v) is 3.64. The number of fused-ring (bicyclic) bond motifs is 3. The number of hydrogen-bond acceptors (Lipinski definition) is 4. The van der Waals surface area contributed by atoms with Crippen LogP contribution in [0.2, 0.25) is 0 Å². The van der Waals surface area contributed by atoms with Crippen molar-refractivity contribution in [3.05, 3.63) is 63.2 Å². The van der Waals surface area contributed by atoms with Gasteiger partial charge >= 0.3 is 0 Å². The zero-order chi connectivity index (χ0) is 14.3. The first kappa shape index (κ1) is 12.3. The molecular formula is C15H12N2O3. The van der Waals surface area contributed by atoms with E-state index in [-0.39, 0.29) is 10.6 Å². The lowest BCUT2D eigenvalue weighted by Gasteiger charge is -2.03. The Morgan fingerprint density at radius 2 is 1.85 bits per heavy atom. The Morgan fingerprint density at radius 1 is 1.20 bits per heavy atom. The summed E-state index contributed by atoms with van der Waals surface area (Å²) in [4.78, 5) is 10.4. The van der Waals surface area contributed by atoms with Crippen LogP contribution < -0.4 is 0 Å². The zero-order valence-corrected chi connectivity index (χ0v) is 10.8. The van der Waals surface area contributed by atoms with E-state index >= 15 is 0 Å². The van der Waals surface area contributed by atoms with Crippen LogP contribution in [0.15, 0.2) is 41.6 Å². The molecule has 20 heavy (non-hydrogen) atoms. The molecule has 0 aromatic heterocycles. The van der Waals surface area contributed by atoms with Gasteiger partial charge in [-0.25, -0.2) is 0 Å². The SMILES string of the molecule is C/C(=N\O)c1ccc2c(c1)Cc1cc([N+](=O)[O-])ccc1-2. The van der Waals surface area contributed by atoms with Crippen LogP contribution >= 0.6 is 0 Å². The molecule has 0 fully saturated rings. The van der Waals surface area contributed by atoms with Crippen molar-refractivity contribution in [2.45, 2.75) is 13.3 Å². The normalized spacial score (nSPS) is 12.9. The molecule has 0 spiro atoms. The minimum absolute atomic E-state index is 0.116. The molecule has 1 aliphatic rings. The van der Waals surface area contributed by atoms with Crippen molar-refractivity contribution in [3.8, 4) is 11.1 Å². The largest absolute Gasteiger partial charge is 0.411 e. The number of rotatable bonds is 2. The second kappa shape index (κ2) is 4.45. The number of non-ortho nitro benzene ring substituents is 1. The second-order valence-electron chi connectivity index (χ2n) is 4.83. The Morgan fingerprint density at radius 3 is 2.50 bits per heavy atom. The van der Waals surface area contributed by atoms with Gasteiger partial charge in [0.15, 0.2) is 0 Å². The van der Waals surface area contributed by atoms with Gasteiger partial charge in [-0.05, 0) is 53.3 Å². The molecule has 1 N–H and O–H groups in total. The Bertz CT molecular complexity index is 751. The average molecular weight is 268 g/mol. The maximum Gasteiger partial charge on any atom is 0.269 e. The van der Waals surface area contributed by atoms with Gasteiger partial charge in [-0.3, -0.25) is 10.1 Å². The molecule has 0 atom stereocenters. The molecule has 0 bridgehead atoms. The lowest BCUT2D eigenvalue weighted by atomic mass is 10.0. The van der Waals surface area contributed by atoms with Gasteiger partial charge in [-0.15, -0.1) is 0 Å². The molecule has 5 heteroatoms. The van der Waals surface area contributed by atoms with Gasteiger partial charge < -0.3 is 5.21 Å². The summed E-state index contributed by atoms with van der Waals surface area (Å²) in [6, 6.07) is 10.8. The molecule has 0 saturated carbocycles. The zero-order valence-electron chi connectivity index (χ0n) is 10.8. The maximum atomic E-state index is 10.8. The smallest absolute Gasteiger partial charge is 0.269 e. The number of nitrogens with zero attached hydrogens (tertiary/aromatic N) is 2. The monoisotopic (exact) mass is 268 g/mol. The van der Waals surface area contributed by atoms with E-state index < -0.39 is 0 Å². The fourth-order valence-electron chi connectivity index (χ4n) is 2.59. The third-order valence-electron chi connectivity index (χ3n) is 3.64. The van der Waals surface area contributed by atoms with Crippen molar-refractivity contribution in [1.29, 1.82) is 0 Å². The molecule has 0 unspecified atom stereocenters. The summed E-state index contributed by atoms with van der Waals surface area (Å²) >= 11 is 0. The minimum Gasteiger partial charge on any atom is -0.411 e. The number of nitro groups is 1. The summed E-state index contributed by atoms with van der Waals surface area (Å²) in [6.07, 6.45) is 0.666. The summed E-state index contributed by atoms with van der Waals surface area (Å²) in [7, 11) is 0. The number of oxime groups is 1. The van der Waals surface area contributed by atoms with E-state index in [9.17, 15) is 10.1 Å². The molecule has 0 aliphatic heterocycles. The highest BCUT2D eigenvalue weighted by molar-refractivity contribution is 5.99. The quantitative estimate of drug-likeness (QED) is 0.335. The molecule has 5 nitrogen and oxygen atoms in total. The van der Waals surface area contributed by atoms with Gasteiger partial charge in [0.2, 0.25) is 0 Å². The molecule has 0 amide bonds. The van der Waals surface area contributed by atoms with E-state index in [1.807, 2.05) is 18.2 Å². The predicted molar refractivity (Wildman–Crippen MR) is 75.3 cm³/mol. The summed E-state index contributed by atoms with van der Waals surface area (Å²) < 4.78 is 0. The van der Waals surface area contributed by atoms with Crippen molar-refractivity contribution in [2.24, 2.45) is 5.16 Å². The molecule has 2 aromatic carbocycles. The van der Waals surface area contributed by atoms with Crippen LogP contribution in [0.25, 0.3) is 11.1 Å². The van der Waals surface area contributed by atoms with Crippen molar-refractivity contribution < 1.29 is 10.1 Å². The summed E-state index contributed by atoms with van der Waals surface area (Å²) in [5.41, 5.74) is 5.71. The van der Waals surface area contributed by atoms with Gasteiger partial charge in [-0.1, -0.05) is 17.3 Å². The maximum absolute atomic E-state index is 10.8. The van der Waals surface area contributed by atoms with E-state index in [1.165, 1.54) is 6.07 Å². The fraction of sp³-hybridized carbons (Fsp3) is 0.133. The number of hydrogen-bond donors (Lipinski definition) is 1. The van der Waals surface area contributed by atoms with Crippen LogP contribution in [0, 0.1) is 10.1 Å². The van der Waals surface area contributed by atoms with Crippen molar-refractivity contribution >= 4 is 11.4 Å². The molecule has 2 aromatic rings. The first-order chi connectivity index (χ1) is 9.60. The van der Waals surface area contributed by atoms with Crippen molar-refractivity contribution in [3.63, 3.8) is 0 Å². The van der Waals surface area contributed by atoms with Gasteiger partial charge in [0.05, 0.1) is 10.6 Å². The molecular weight excluding hydrogens is 256 g/mol. The first-order valence-electron chi connectivity index (χ1n) is 6.20. The Hall–Kier alpha value is -2.69. The Labute approximate surface area is 115 Å². The molecule has 3 rings (SSSR count). The minimum atomic E-state index is -0.378. The average Bonchev–Trinajstić information content (AvgIpc) is 2.82. The topological polar surface area (TPSA) is 75.7 Å². The lowest BCUT2D eigenvalue weighted by molar-refractivity contribution is -0.384. The molecule has 0 saturated heterocycles. The molecule has 1 aliphatic carbocycles. The standard InChI is InChI=1S/C15H12N2O3/c1-9(16-18)10-2-4-14-11(6-10)7-12-8-13(17(19)20)3-5-15(12)14/h2-6,8,18H,7H2,1H3/b16-9+. The number of nitro benzene ring substituents is 1. The van der Waals surface area contributed by atoms with E-state index in [2.05, 4.69) is 5.16 Å². The second-order valence-corrected chi connectivity index (χ2v) is 4.83. The molecule has 0 heterocycles. The summed E-state index contributed by atoms with van der Waals surface area (Å²) in [5, 5.41) is 22.8. The van der Waals surface area contributed by atoms with Gasteiger partial charge in [0, 0.05) is 12.1 Å². The van der Waals surface area contributed by atoms with E-state index in [0.29, 0.717) is 12.1 Å². The molecule has 0 radical (unpaired) electrons. The highest BCUT2D eigenvalue weighted by Crippen LogP contribution is 2.38. The Balaban J connectivity index is 2.07. The first-order valence-corrected chi connectivity index (χ1v) is 6.20. The highest BCUT2D eigenvalue weighted by atomic mass is 16.6. The van der Waals surface area contributed by atoms with Crippen LogP contribution in [0.1, 0.15) is 23.6 Å². The number of benzene rings is 2. The van der Waals surface area contributed by atoms with Crippen LogP contribution in [0.3, 0.4) is 0 Å². The van der Waals surface area contributed by atoms with Crippen molar-refractivity contribution in [2.75, 3.05) is 0 Å². The summed E-state index contributed by atoms with van der Waals surface area (Å²) in [5.74, 6) is 0. The van der Waals surface area contributed by atoms with Crippen LogP contribution in [-0.4, -0.2) is 15.8 Å². The van der Waals surface area contributed by atoms with Crippen LogP contribution in [-0.2, 0) is 6.42 Å². The van der Waals surface area contributed by atoms with Crippen LogP contribution in [0.5, 0.6) is 0 Å². The van der Waals surface area contributed by atoms with Gasteiger partial charge in [0.25, 0.3) is 5.69 Å². The van der Waals surface area contributed by atoms with Crippen LogP contribution in [0.4, 0.5) is 5.69 Å². The predicted octanol–water partition coefficient (Wildman–Crippen LogP) is 3.36. The molecule has 100 valence electrons. The van der Waals surface area contributed by atoms with Gasteiger partial charge in [-0.2, -0.15) is 0 Å². The van der Waals surface area contributed by atoms with Crippen molar-refractivity contribution in [1.82, 2.24) is 0 Å². The van der Waals surface area contributed by atoms with Gasteiger partial charge in [0.1, 0.15) is 0 Å². The van der Waals surface area contributed by atoms with E-state index in [0.717, 1.165) is 27.8 Å². The third kappa shape index (κ3) is 1.84. The van der Waals surface area contributed by atoms with E-state index in [4.69, 9.17) is 5.21 Å². The summed E-state index contributed by atoms with van der Waals surface area (Å²) in [6.45, 7) is 1.73. The Kier molecular flexibility index (Phi) is 2.75. The highest BCUT2D eigenvalue weighted by Gasteiger charge is 2.21. The van der Waals surface area contributed by atoms with E-state index in [1.54, 1.807) is 19.1 Å². The fourth-order valence-corrected chi connectivity index (χ4v) is 2.59.